The molecular formula is C27H25ClN2O2. The van der Waals surface area contributed by atoms with Crippen LogP contribution in [0.15, 0.2) is 77.4 Å². The molecule has 1 amide bonds. The van der Waals surface area contributed by atoms with Gasteiger partial charge in [-0.05, 0) is 71.0 Å². The van der Waals surface area contributed by atoms with Crippen LogP contribution in [0.2, 0.25) is 0 Å². The van der Waals surface area contributed by atoms with Crippen LogP contribution in [-0.2, 0) is 4.79 Å². The van der Waals surface area contributed by atoms with E-state index in [0.29, 0.717) is 0 Å². The smallest absolute Gasteiger partial charge is 0.258 e. The number of amides is 1. The number of benzene rings is 3. The van der Waals surface area contributed by atoms with Gasteiger partial charge in [-0.3, -0.25) is 4.79 Å². The van der Waals surface area contributed by atoms with E-state index in [2.05, 4.69) is 48.5 Å². The van der Waals surface area contributed by atoms with Crippen molar-refractivity contribution < 1.29 is 9.53 Å². The molecule has 2 atom stereocenters. The number of rotatable bonds is 4. The molecule has 0 aromatic heterocycles. The molecule has 0 N–H and O–H groups in total. The van der Waals surface area contributed by atoms with Gasteiger partial charge >= 0.3 is 0 Å². The Hall–Kier alpha value is -3.11. The van der Waals surface area contributed by atoms with Gasteiger partial charge in [0.15, 0.2) is 0 Å². The summed E-state index contributed by atoms with van der Waals surface area (Å²) in [5, 5.41) is 8.89. The standard InChI is InChI=1S/C27H25ClN2O2/c1-32-23-13-11-20(12-14-23)27-24-8-4-7-22(26(24)29-30(27)25(31)17-28)16-18-9-10-19-5-2-3-6-21(19)15-18/h2-3,5-6,9-16,24,27H,4,7-8,17H2,1H3. The Bertz CT molecular complexity index is 1220. The molecule has 0 bridgehead atoms. The van der Waals surface area contributed by atoms with E-state index < -0.39 is 0 Å². The molecule has 2 unspecified atom stereocenters. The molecule has 3 aromatic rings. The van der Waals surface area contributed by atoms with Crippen LogP contribution >= 0.6 is 11.6 Å². The third-order valence-corrected chi connectivity index (χ3v) is 6.67. The Labute approximate surface area is 193 Å². The number of methoxy groups -OCH3 is 1. The normalized spacial score (nSPS) is 21.5. The number of carbonyl (C=O) groups excluding carboxylic acids is 1. The fraction of sp³-hybridized carbons (Fsp3) is 0.259. The minimum absolute atomic E-state index is 0.0835. The quantitative estimate of drug-likeness (QED) is 0.449. The molecule has 32 heavy (non-hydrogen) atoms. The molecule has 1 heterocycles. The lowest BCUT2D eigenvalue weighted by atomic mass is 9.77. The highest BCUT2D eigenvalue weighted by atomic mass is 35.5. The Morgan fingerprint density at radius 2 is 1.91 bits per heavy atom. The molecule has 1 fully saturated rings. The monoisotopic (exact) mass is 444 g/mol. The van der Waals surface area contributed by atoms with Gasteiger partial charge < -0.3 is 4.74 Å². The van der Waals surface area contributed by atoms with Gasteiger partial charge in [-0.15, -0.1) is 11.6 Å². The summed E-state index contributed by atoms with van der Waals surface area (Å²) in [7, 11) is 1.65. The Morgan fingerprint density at radius 3 is 2.66 bits per heavy atom. The molecule has 1 aliphatic heterocycles. The van der Waals surface area contributed by atoms with Gasteiger partial charge in [0.05, 0.1) is 18.9 Å². The first-order valence-electron chi connectivity index (χ1n) is 11.0. The lowest BCUT2D eigenvalue weighted by Crippen LogP contribution is -2.32. The van der Waals surface area contributed by atoms with Crippen molar-refractivity contribution in [1.82, 2.24) is 5.01 Å². The van der Waals surface area contributed by atoms with Crippen molar-refractivity contribution in [3.63, 3.8) is 0 Å². The molecule has 0 radical (unpaired) electrons. The molecule has 0 spiro atoms. The van der Waals surface area contributed by atoms with Gasteiger partial charge in [-0.25, -0.2) is 5.01 Å². The fourth-order valence-corrected chi connectivity index (χ4v) is 5.02. The summed E-state index contributed by atoms with van der Waals surface area (Å²) in [6.07, 6.45) is 5.26. The number of hydrogen-bond donors (Lipinski definition) is 0. The zero-order valence-corrected chi connectivity index (χ0v) is 18.8. The molecular weight excluding hydrogens is 420 g/mol. The SMILES string of the molecule is COc1ccc(C2C3CCCC(=Cc4ccc5ccccc5c4)C3=NN2C(=O)CCl)cc1. The van der Waals surface area contributed by atoms with Crippen LogP contribution < -0.4 is 4.74 Å². The lowest BCUT2D eigenvalue weighted by Gasteiger charge is -2.29. The lowest BCUT2D eigenvalue weighted by molar-refractivity contribution is -0.130. The average Bonchev–Trinajstić information content (AvgIpc) is 3.24. The first-order valence-corrected chi connectivity index (χ1v) is 11.5. The van der Waals surface area contributed by atoms with Gasteiger partial charge in [0, 0.05) is 5.92 Å². The van der Waals surface area contributed by atoms with Crippen LogP contribution in [0.5, 0.6) is 5.75 Å². The Balaban J connectivity index is 1.53. The van der Waals surface area contributed by atoms with E-state index in [1.807, 2.05) is 24.3 Å². The number of fused-ring (bicyclic) bond motifs is 2. The summed E-state index contributed by atoms with van der Waals surface area (Å²) < 4.78 is 5.31. The molecule has 162 valence electrons. The number of hydrogen-bond acceptors (Lipinski definition) is 3. The number of halogens is 1. The summed E-state index contributed by atoms with van der Waals surface area (Å²) in [6, 6.07) is 22.7. The van der Waals surface area contributed by atoms with Crippen LogP contribution in [0.4, 0.5) is 0 Å². The summed E-state index contributed by atoms with van der Waals surface area (Å²) in [4.78, 5) is 12.7. The van der Waals surface area contributed by atoms with Crippen molar-refractivity contribution in [3.8, 4) is 5.75 Å². The van der Waals surface area contributed by atoms with E-state index in [-0.39, 0.29) is 23.7 Å². The summed E-state index contributed by atoms with van der Waals surface area (Å²) in [5.74, 6) is 0.707. The van der Waals surface area contributed by atoms with E-state index in [1.165, 1.54) is 16.3 Å². The number of alkyl halides is 1. The van der Waals surface area contributed by atoms with Crippen molar-refractivity contribution in [1.29, 1.82) is 0 Å². The summed E-state index contributed by atoms with van der Waals surface area (Å²) in [6.45, 7) is 0. The number of ether oxygens (including phenoxy) is 1. The first-order chi connectivity index (χ1) is 15.7. The molecule has 1 aliphatic carbocycles. The van der Waals surface area contributed by atoms with E-state index in [4.69, 9.17) is 21.4 Å². The summed E-state index contributed by atoms with van der Waals surface area (Å²) in [5.41, 5.74) is 4.44. The van der Waals surface area contributed by atoms with Crippen LogP contribution in [0, 0.1) is 5.92 Å². The number of hydrazone groups is 1. The fourth-order valence-electron chi connectivity index (χ4n) is 4.90. The molecule has 4 nitrogen and oxygen atoms in total. The van der Waals surface area contributed by atoms with Crippen molar-refractivity contribution in [3.05, 3.63) is 83.4 Å². The maximum absolute atomic E-state index is 12.7. The molecule has 2 aliphatic rings. The maximum atomic E-state index is 12.7. The van der Waals surface area contributed by atoms with Gasteiger partial charge in [0.2, 0.25) is 0 Å². The highest BCUT2D eigenvalue weighted by Gasteiger charge is 2.43. The van der Waals surface area contributed by atoms with Crippen molar-refractivity contribution in [2.75, 3.05) is 13.0 Å². The molecule has 0 saturated heterocycles. The van der Waals surface area contributed by atoms with Gasteiger partial charge in [0.1, 0.15) is 11.6 Å². The summed E-state index contributed by atoms with van der Waals surface area (Å²) >= 11 is 5.96. The van der Waals surface area contributed by atoms with Crippen LogP contribution in [-0.4, -0.2) is 29.6 Å². The third-order valence-electron chi connectivity index (χ3n) is 6.44. The molecule has 1 saturated carbocycles. The second-order valence-corrected chi connectivity index (χ2v) is 8.62. The molecule has 5 heteroatoms. The minimum atomic E-state index is -0.167. The van der Waals surface area contributed by atoms with E-state index >= 15 is 0 Å². The van der Waals surface area contributed by atoms with Gasteiger partial charge in [-0.2, -0.15) is 5.10 Å². The second kappa shape index (κ2) is 8.79. The van der Waals surface area contributed by atoms with Crippen LogP contribution in [0.1, 0.15) is 36.4 Å². The Kier molecular flexibility index (Phi) is 5.71. The maximum Gasteiger partial charge on any atom is 0.258 e. The van der Waals surface area contributed by atoms with Crippen molar-refractivity contribution in [2.45, 2.75) is 25.3 Å². The van der Waals surface area contributed by atoms with Gasteiger partial charge in [-0.1, -0.05) is 48.5 Å². The molecule has 3 aromatic carbocycles. The minimum Gasteiger partial charge on any atom is -0.497 e. The van der Waals surface area contributed by atoms with Crippen LogP contribution in [0.3, 0.4) is 0 Å². The number of nitrogens with zero attached hydrogens (tertiary/aromatic N) is 2. The largest absolute Gasteiger partial charge is 0.497 e. The predicted octanol–water partition coefficient (Wildman–Crippen LogP) is 6.21. The highest BCUT2D eigenvalue weighted by Crippen LogP contribution is 2.44. The average molecular weight is 445 g/mol. The zero-order chi connectivity index (χ0) is 22.1. The zero-order valence-electron chi connectivity index (χ0n) is 18.0. The van der Waals surface area contributed by atoms with E-state index in [1.54, 1.807) is 12.1 Å². The Morgan fingerprint density at radius 1 is 1.12 bits per heavy atom. The predicted molar refractivity (Wildman–Crippen MR) is 130 cm³/mol. The number of carbonyl (C=O) groups is 1. The first kappa shape index (κ1) is 20.8. The van der Waals surface area contributed by atoms with Crippen molar-refractivity contribution >= 4 is 40.1 Å². The topological polar surface area (TPSA) is 41.9 Å². The molecule has 5 rings (SSSR count). The second-order valence-electron chi connectivity index (χ2n) is 8.35. The van der Waals surface area contributed by atoms with Crippen LogP contribution in [0.25, 0.3) is 16.8 Å². The third kappa shape index (κ3) is 3.80. The van der Waals surface area contributed by atoms with E-state index in [9.17, 15) is 4.79 Å². The number of allylic oxidation sites excluding steroid dienone is 1. The van der Waals surface area contributed by atoms with Crippen molar-refractivity contribution in [2.24, 2.45) is 11.0 Å². The van der Waals surface area contributed by atoms with Gasteiger partial charge in [0.25, 0.3) is 5.91 Å². The van der Waals surface area contributed by atoms with E-state index in [0.717, 1.165) is 41.9 Å². The highest BCUT2D eigenvalue weighted by molar-refractivity contribution is 6.27.